The summed E-state index contributed by atoms with van der Waals surface area (Å²) < 4.78 is 0. The molecule has 2 amide bonds. The number of carbonyl (C=O) groups excluding carboxylic acids is 2. The predicted molar refractivity (Wildman–Crippen MR) is 45.2 cm³/mol. The van der Waals surface area contributed by atoms with Crippen LogP contribution >= 0.6 is 0 Å². The summed E-state index contributed by atoms with van der Waals surface area (Å²) in [5.41, 5.74) is 0. The molecular weight excluding hydrogens is 154 g/mol. The van der Waals surface area contributed by atoms with Crippen LogP contribution in [0.15, 0.2) is 12.7 Å². The molecule has 66 valence electrons. The number of rotatable bonds is 3. The van der Waals surface area contributed by atoms with Crippen LogP contribution in [0.5, 0.6) is 0 Å². The van der Waals surface area contributed by atoms with E-state index >= 15 is 0 Å². The van der Waals surface area contributed by atoms with Crippen LogP contribution in [0.25, 0.3) is 0 Å². The maximum Gasteiger partial charge on any atom is 0.230 e. The molecule has 0 radical (unpaired) electrons. The van der Waals surface area contributed by atoms with Crippen molar-refractivity contribution in [1.29, 1.82) is 0 Å². The van der Waals surface area contributed by atoms with Crippen molar-refractivity contribution >= 4 is 11.8 Å². The highest BCUT2D eigenvalue weighted by molar-refractivity contribution is 6.03. The summed E-state index contributed by atoms with van der Waals surface area (Å²) in [4.78, 5) is 22.0. The lowest BCUT2D eigenvalue weighted by Gasteiger charge is -2.13. The third kappa shape index (κ3) is 1.55. The van der Waals surface area contributed by atoms with E-state index in [2.05, 4.69) is 11.9 Å². The van der Waals surface area contributed by atoms with E-state index in [4.69, 9.17) is 0 Å². The van der Waals surface area contributed by atoms with Gasteiger partial charge in [0.05, 0.1) is 5.92 Å². The van der Waals surface area contributed by atoms with Crippen LogP contribution in [0.1, 0.15) is 19.8 Å². The Morgan fingerprint density at radius 3 is 2.75 bits per heavy atom. The largest absolute Gasteiger partial charge is 0.296 e. The van der Waals surface area contributed by atoms with Crippen molar-refractivity contribution in [2.45, 2.75) is 19.8 Å². The second kappa shape index (κ2) is 3.52. The Bertz CT molecular complexity index is 223. The Morgan fingerprint density at radius 1 is 1.75 bits per heavy atom. The number of imide groups is 1. The molecule has 1 heterocycles. The zero-order valence-electron chi connectivity index (χ0n) is 7.17. The average molecular weight is 167 g/mol. The summed E-state index contributed by atoms with van der Waals surface area (Å²) in [7, 11) is 0. The molecule has 1 aliphatic heterocycles. The molecule has 2 atom stereocenters. The van der Waals surface area contributed by atoms with Crippen molar-refractivity contribution in [2.75, 3.05) is 0 Å². The van der Waals surface area contributed by atoms with Gasteiger partial charge in [-0.15, -0.1) is 6.58 Å². The number of hydrogen-bond acceptors (Lipinski definition) is 2. The molecule has 0 aromatic carbocycles. The minimum absolute atomic E-state index is 0.136. The number of carbonyl (C=O) groups is 2. The van der Waals surface area contributed by atoms with Crippen LogP contribution < -0.4 is 5.32 Å². The van der Waals surface area contributed by atoms with Gasteiger partial charge in [-0.25, -0.2) is 0 Å². The summed E-state index contributed by atoms with van der Waals surface area (Å²) in [6.07, 6.45) is 2.93. The van der Waals surface area contributed by atoms with Gasteiger partial charge in [0.25, 0.3) is 0 Å². The van der Waals surface area contributed by atoms with Gasteiger partial charge in [0.1, 0.15) is 0 Å². The van der Waals surface area contributed by atoms with Crippen LogP contribution in [-0.2, 0) is 9.59 Å². The Hall–Kier alpha value is -1.12. The lowest BCUT2D eigenvalue weighted by Crippen LogP contribution is -2.25. The van der Waals surface area contributed by atoms with Gasteiger partial charge in [-0.05, 0) is 12.3 Å². The molecule has 3 nitrogen and oxygen atoms in total. The summed E-state index contributed by atoms with van der Waals surface area (Å²) >= 11 is 0. The normalized spacial score (nSPS) is 25.2. The summed E-state index contributed by atoms with van der Waals surface area (Å²) in [5.74, 6) is -0.353. The molecule has 2 unspecified atom stereocenters. The van der Waals surface area contributed by atoms with E-state index < -0.39 is 0 Å². The van der Waals surface area contributed by atoms with E-state index in [-0.39, 0.29) is 23.7 Å². The fourth-order valence-corrected chi connectivity index (χ4v) is 1.53. The zero-order valence-corrected chi connectivity index (χ0v) is 7.17. The van der Waals surface area contributed by atoms with E-state index in [1.165, 1.54) is 0 Å². The Kier molecular flexibility index (Phi) is 2.63. The van der Waals surface area contributed by atoms with Crippen molar-refractivity contribution in [3.8, 4) is 0 Å². The van der Waals surface area contributed by atoms with Gasteiger partial charge in [-0.2, -0.15) is 0 Å². The van der Waals surface area contributed by atoms with Crippen molar-refractivity contribution in [3.63, 3.8) is 0 Å². The lowest BCUT2D eigenvalue weighted by molar-refractivity contribution is -0.126. The standard InChI is InChI=1S/C9H13NO2/c1-3-6(4-2)7-5-8(11)10-9(7)12/h3,6-7H,1,4-5H2,2H3,(H,10,11,12). The average Bonchev–Trinajstić information content (AvgIpc) is 2.34. The van der Waals surface area contributed by atoms with Crippen LogP contribution in [-0.4, -0.2) is 11.8 Å². The maximum atomic E-state index is 11.2. The number of allylic oxidation sites excluding steroid dienone is 1. The van der Waals surface area contributed by atoms with E-state index in [9.17, 15) is 9.59 Å². The van der Waals surface area contributed by atoms with Crippen LogP contribution in [0.3, 0.4) is 0 Å². The maximum absolute atomic E-state index is 11.2. The van der Waals surface area contributed by atoms with Gasteiger partial charge < -0.3 is 0 Å². The first-order valence-electron chi connectivity index (χ1n) is 4.15. The molecule has 1 aliphatic rings. The molecule has 1 rings (SSSR count). The lowest BCUT2D eigenvalue weighted by atomic mass is 9.89. The van der Waals surface area contributed by atoms with Crippen molar-refractivity contribution in [3.05, 3.63) is 12.7 Å². The van der Waals surface area contributed by atoms with Crippen molar-refractivity contribution in [2.24, 2.45) is 11.8 Å². The molecular formula is C9H13NO2. The predicted octanol–water partition coefficient (Wildman–Crippen LogP) is 0.861. The Labute approximate surface area is 71.8 Å². The third-order valence-electron chi connectivity index (χ3n) is 2.30. The zero-order chi connectivity index (χ0) is 9.14. The second-order valence-electron chi connectivity index (χ2n) is 3.03. The monoisotopic (exact) mass is 167 g/mol. The molecule has 1 saturated heterocycles. The number of nitrogens with one attached hydrogen (secondary N) is 1. The third-order valence-corrected chi connectivity index (χ3v) is 2.30. The fraction of sp³-hybridized carbons (Fsp3) is 0.556. The highest BCUT2D eigenvalue weighted by Crippen LogP contribution is 2.24. The van der Waals surface area contributed by atoms with Gasteiger partial charge in [0.15, 0.2) is 0 Å². The quantitative estimate of drug-likeness (QED) is 0.500. The van der Waals surface area contributed by atoms with Crippen LogP contribution in [0.2, 0.25) is 0 Å². The summed E-state index contributed by atoms with van der Waals surface area (Å²) in [5, 5.41) is 2.29. The molecule has 0 saturated carbocycles. The fourth-order valence-electron chi connectivity index (χ4n) is 1.53. The minimum atomic E-state index is -0.181. The molecule has 1 fully saturated rings. The molecule has 12 heavy (non-hydrogen) atoms. The first-order valence-corrected chi connectivity index (χ1v) is 4.15. The Balaban J connectivity index is 2.68. The topological polar surface area (TPSA) is 46.2 Å². The molecule has 0 aliphatic carbocycles. The highest BCUT2D eigenvalue weighted by Gasteiger charge is 2.34. The van der Waals surface area contributed by atoms with Gasteiger partial charge in [-0.1, -0.05) is 13.0 Å². The SMILES string of the molecule is C=CC(CC)C1CC(=O)NC1=O. The first-order chi connectivity index (χ1) is 5.69. The summed E-state index contributed by atoms with van der Waals surface area (Å²) in [6.45, 7) is 5.63. The smallest absolute Gasteiger partial charge is 0.230 e. The Morgan fingerprint density at radius 2 is 2.42 bits per heavy atom. The second-order valence-corrected chi connectivity index (χ2v) is 3.03. The van der Waals surface area contributed by atoms with E-state index in [1.54, 1.807) is 6.08 Å². The van der Waals surface area contributed by atoms with Gasteiger partial charge >= 0.3 is 0 Å². The molecule has 3 heteroatoms. The number of amides is 2. The van der Waals surface area contributed by atoms with Crippen LogP contribution in [0.4, 0.5) is 0 Å². The molecule has 0 aromatic heterocycles. The van der Waals surface area contributed by atoms with Crippen molar-refractivity contribution in [1.82, 2.24) is 5.32 Å². The first kappa shape index (κ1) is 8.97. The van der Waals surface area contributed by atoms with Gasteiger partial charge in [-0.3, -0.25) is 14.9 Å². The van der Waals surface area contributed by atoms with E-state index in [0.29, 0.717) is 6.42 Å². The molecule has 1 N–H and O–H groups in total. The molecule has 0 bridgehead atoms. The van der Waals surface area contributed by atoms with E-state index in [0.717, 1.165) is 6.42 Å². The minimum Gasteiger partial charge on any atom is -0.296 e. The van der Waals surface area contributed by atoms with Crippen molar-refractivity contribution < 1.29 is 9.59 Å². The summed E-state index contributed by atoms with van der Waals surface area (Å²) in [6, 6.07) is 0. The highest BCUT2D eigenvalue weighted by atomic mass is 16.2. The van der Waals surface area contributed by atoms with E-state index in [1.807, 2.05) is 6.92 Å². The van der Waals surface area contributed by atoms with Crippen LogP contribution in [0, 0.1) is 11.8 Å². The van der Waals surface area contributed by atoms with Gasteiger partial charge in [0.2, 0.25) is 11.8 Å². The molecule has 0 spiro atoms. The van der Waals surface area contributed by atoms with Gasteiger partial charge in [0, 0.05) is 6.42 Å². The molecule has 0 aromatic rings. The number of hydrogen-bond donors (Lipinski definition) is 1.